The van der Waals surface area contributed by atoms with Crippen LogP contribution in [-0.2, 0) is 14.2 Å². The van der Waals surface area contributed by atoms with E-state index < -0.39 is 101 Å². The van der Waals surface area contributed by atoms with Crippen molar-refractivity contribution >= 4 is 11.0 Å². The molecule has 2 aliphatic rings. The first-order valence-corrected chi connectivity index (χ1v) is 12.4. The normalized spacial score (nSPS) is 30.9. The van der Waals surface area contributed by atoms with Crippen LogP contribution in [0.4, 0.5) is 0 Å². The number of rotatable bonds is 6. The maximum atomic E-state index is 13.6. The van der Waals surface area contributed by atoms with Gasteiger partial charge in [-0.25, -0.2) is 0 Å². The summed E-state index contributed by atoms with van der Waals surface area (Å²) in [7, 11) is 0. The summed E-state index contributed by atoms with van der Waals surface area (Å²) in [5.41, 5.74) is -1.24. The van der Waals surface area contributed by atoms with Crippen LogP contribution in [0.25, 0.3) is 22.3 Å². The highest BCUT2D eigenvalue weighted by molar-refractivity contribution is 5.88. The molecule has 2 fully saturated rings. The van der Waals surface area contributed by atoms with Crippen molar-refractivity contribution in [2.45, 2.75) is 62.2 Å². The van der Waals surface area contributed by atoms with Gasteiger partial charge in [0.2, 0.25) is 17.5 Å². The zero-order valence-electron chi connectivity index (χ0n) is 21.3. The molecule has 3 aromatic rings. The van der Waals surface area contributed by atoms with Crippen LogP contribution in [0.1, 0.15) is 6.92 Å². The molecule has 0 radical (unpaired) electrons. The van der Waals surface area contributed by atoms with Gasteiger partial charge in [0.1, 0.15) is 53.0 Å². The first-order chi connectivity index (χ1) is 19.4. The summed E-state index contributed by atoms with van der Waals surface area (Å²) in [6.45, 7) is 0.820. The lowest BCUT2D eigenvalue weighted by molar-refractivity contribution is -0.301. The van der Waals surface area contributed by atoms with Crippen molar-refractivity contribution in [2.24, 2.45) is 0 Å². The Bertz CT molecular complexity index is 1490. The minimum absolute atomic E-state index is 0.00318. The molecule has 9 unspecified atom stereocenters. The topological polar surface area (TPSA) is 249 Å². The van der Waals surface area contributed by atoms with E-state index >= 15 is 0 Å². The first-order valence-electron chi connectivity index (χ1n) is 12.4. The molecule has 222 valence electrons. The second kappa shape index (κ2) is 11.0. The minimum atomic E-state index is -1.73. The van der Waals surface area contributed by atoms with Gasteiger partial charge in [-0.1, -0.05) is 0 Å². The van der Waals surface area contributed by atoms with Gasteiger partial charge in [0.25, 0.3) is 0 Å². The largest absolute Gasteiger partial charge is 0.508 e. The number of hydrogen-bond donors (Lipinski definition) is 9. The molecule has 15 heteroatoms. The molecule has 15 nitrogen and oxygen atoms in total. The molecular formula is C26H28O15. The molecule has 2 aliphatic heterocycles. The smallest absolute Gasteiger partial charge is 0.239 e. The van der Waals surface area contributed by atoms with Gasteiger partial charge in [-0.3, -0.25) is 4.79 Å². The van der Waals surface area contributed by atoms with Crippen molar-refractivity contribution in [3.05, 3.63) is 40.6 Å². The van der Waals surface area contributed by atoms with Crippen LogP contribution in [0, 0.1) is 0 Å². The fourth-order valence-electron chi connectivity index (χ4n) is 4.70. The van der Waals surface area contributed by atoms with Crippen molar-refractivity contribution in [3.63, 3.8) is 0 Å². The molecule has 3 heterocycles. The van der Waals surface area contributed by atoms with E-state index in [2.05, 4.69) is 0 Å². The Labute approximate surface area is 230 Å². The van der Waals surface area contributed by atoms with Gasteiger partial charge in [0, 0.05) is 17.7 Å². The van der Waals surface area contributed by atoms with Crippen LogP contribution in [0.5, 0.6) is 28.7 Å². The highest BCUT2D eigenvalue weighted by Gasteiger charge is 2.50. The van der Waals surface area contributed by atoms with Gasteiger partial charge in [-0.05, 0) is 25.1 Å². The third-order valence-corrected chi connectivity index (χ3v) is 6.84. The second-order valence-corrected chi connectivity index (χ2v) is 9.80. The van der Waals surface area contributed by atoms with Crippen LogP contribution in [-0.4, -0.2) is 108 Å². The maximum Gasteiger partial charge on any atom is 0.239 e. The van der Waals surface area contributed by atoms with Crippen LogP contribution in [0.15, 0.2) is 39.5 Å². The highest BCUT2D eigenvalue weighted by Crippen LogP contribution is 2.39. The Morgan fingerprint density at radius 3 is 2.29 bits per heavy atom. The number of aliphatic hydroxyl groups is 5. The van der Waals surface area contributed by atoms with Crippen molar-refractivity contribution < 1.29 is 69.3 Å². The molecule has 9 atom stereocenters. The average molecular weight is 580 g/mol. The lowest BCUT2D eigenvalue weighted by Gasteiger charge is -2.39. The van der Waals surface area contributed by atoms with Crippen LogP contribution < -0.4 is 10.2 Å². The fraction of sp³-hybridized carbons (Fsp3) is 0.423. The van der Waals surface area contributed by atoms with Crippen LogP contribution in [0.3, 0.4) is 0 Å². The Kier molecular flexibility index (Phi) is 7.71. The Morgan fingerprint density at radius 2 is 1.63 bits per heavy atom. The fourth-order valence-corrected chi connectivity index (χ4v) is 4.70. The summed E-state index contributed by atoms with van der Waals surface area (Å²) in [4.78, 5) is 13.6. The number of fused-ring (bicyclic) bond motifs is 1. The van der Waals surface area contributed by atoms with Crippen LogP contribution in [0.2, 0.25) is 0 Å². The van der Waals surface area contributed by atoms with Crippen molar-refractivity contribution in [1.29, 1.82) is 0 Å². The van der Waals surface area contributed by atoms with E-state index in [1.807, 2.05) is 0 Å². The number of benzene rings is 2. The molecule has 5 rings (SSSR count). The molecule has 0 spiro atoms. The van der Waals surface area contributed by atoms with E-state index in [1.165, 1.54) is 13.0 Å². The summed E-state index contributed by atoms with van der Waals surface area (Å²) in [5, 5.41) is 91.1. The molecule has 2 aromatic carbocycles. The van der Waals surface area contributed by atoms with Gasteiger partial charge in [0.05, 0.1) is 12.7 Å². The number of hydrogen-bond acceptors (Lipinski definition) is 15. The third kappa shape index (κ3) is 5.25. The van der Waals surface area contributed by atoms with E-state index in [0.717, 1.165) is 24.3 Å². The van der Waals surface area contributed by atoms with Gasteiger partial charge in [-0.15, -0.1) is 0 Å². The van der Waals surface area contributed by atoms with E-state index in [4.69, 9.17) is 23.4 Å². The average Bonchev–Trinajstić information content (AvgIpc) is 3.19. The number of phenols is 4. The van der Waals surface area contributed by atoms with Gasteiger partial charge in [0.15, 0.2) is 29.7 Å². The minimum Gasteiger partial charge on any atom is -0.508 e. The quantitative estimate of drug-likeness (QED) is 0.158. The summed E-state index contributed by atoms with van der Waals surface area (Å²) in [6.07, 6.45) is -13.9. The number of aromatic hydroxyl groups is 4. The maximum absolute atomic E-state index is 13.6. The standard InChI is InChI=1S/C26H28O15/c1-8(27)21-19(35)20(36)25(39-21)41-24-17(33)14(32)7-37-26(24)40-23-18(34)16-13(31)5-10(28)6-15(16)38-22(23)9-2-3-11(29)12(30)4-9/h2-6,8,14,17,19-21,24-33,35-36H,7H2,1H3. The monoisotopic (exact) mass is 580 g/mol. The summed E-state index contributed by atoms with van der Waals surface area (Å²) < 4.78 is 28.1. The summed E-state index contributed by atoms with van der Waals surface area (Å²) >= 11 is 0. The highest BCUT2D eigenvalue weighted by atomic mass is 16.8. The van der Waals surface area contributed by atoms with Crippen LogP contribution >= 0.6 is 0 Å². The van der Waals surface area contributed by atoms with E-state index in [-0.39, 0.29) is 16.9 Å². The van der Waals surface area contributed by atoms with Gasteiger partial charge >= 0.3 is 0 Å². The Morgan fingerprint density at radius 1 is 0.902 bits per heavy atom. The SMILES string of the molecule is CC(O)C1OC(OC2C(Oc3c(-c4ccc(O)c(O)c4)oc4cc(O)cc(O)c4c3=O)OCC(O)C2O)C(O)C1O. The predicted octanol–water partition coefficient (Wildman–Crippen LogP) is -1.05. The molecular weight excluding hydrogens is 552 g/mol. The lowest BCUT2D eigenvalue weighted by atomic mass is 10.0. The van der Waals surface area contributed by atoms with E-state index in [9.17, 15) is 50.8 Å². The molecule has 0 bridgehead atoms. The molecule has 9 N–H and O–H groups in total. The van der Waals surface area contributed by atoms with Gasteiger partial charge < -0.3 is 69.3 Å². The Hall–Kier alpha value is -3.67. The lowest BCUT2D eigenvalue weighted by Crippen LogP contribution is -2.58. The molecule has 2 saturated heterocycles. The molecule has 41 heavy (non-hydrogen) atoms. The van der Waals surface area contributed by atoms with Crippen molar-refractivity contribution in [2.75, 3.05) is 6.61 Å². The second-order valence-electron chi connectivity index (χ2n) is 9.80. The first kappa shape index (κ1) is 28.8. The van der Waals surface area contributed by atoms with Gasteiger partial charge in [-0.2, -0.15) is 0 Å². The Balaban J connectivity index is 1.58. The number of phenolic OH excluding ortho intramolecular Hbond substituents is 4. The number of aliphatic hydroxyl groups excluding tert-OH is 5. The van der Waals surface area contributed by atoms with Crippen molar-refractivity contribution in [1.82, 2.24) is 0 Å². The van der Waals surface area contributed by atoms with E-state index in [0.29, 0.717) is 0 Å². The number of ether oxygens (including phenoxy) is 4. The zero-order chi connectivity index (χ0) is 29.7. The zero-order valence-corrected chi connectivity index (χ0v) is 21.3. The molecule has 1 aromatic heterocycles. The summed E-state index contributed by atoms with van der Waals surface area (Å²) in [6, 6.07) is 5.36. The molecule has 0 amide bonds. The molecule has 0 aliphatic carbocycles. The third-order valence-electron chi connectivity index (χ3n) is 6.84. The van der Waals surface area contributed by atoms with E-state index in [1.54, 1.807) is 0 Å². The van der Waals surface area contributed by atoms with Crippen molar-refractivity contribution in [3.8, 4) is 40.1 Å². The molecule has 0 saturated carbocycles. The summed E-state index contributed by atoms with van der Waals surface area (Å²) in [5.74, 6) is -3.13. The predicted molar refractivity (Wildman–Crippen MR) is 134 cm³/mol.